The minimum atomic E-state index is -1.01. The van der Waals surface area contributed by atoms with Crippen LogP contribution in [0, 0.1) is 20.8 Å². The summed E-state index contributed by atoms with van der Waals surface area (Å²) in [5.41, 5.74) is 0.277. The molecule has 0 aliphatic carbocycles. The fourth-order valence-corrected chi connectivity index (χ4v) is 6.81. The number of nitrogens with zero attached hydrogens (tertiary/aromatic N) is 2. The van der Waals surface area contributed by atoms with Gasteiger partial charge in [-0.25, -0.2) is 4.79 Å². The van der Waals surface area contributed by atoms with Gasteiger partial charge in [0.25, 0.3) is 11.5 Å². The molecule has 0 bridgehead atoms. The van der Waals surface area contributed by atoms with Crippen molar-refractivity contribution in [3.63, 3.8) is 0 Å². The van der Waals surface area contributed by atoms with Crippen LogP contribution in [0.5, 0.6) is 5.75 Å². The predicted molar refractivity (Wildman–Crippen MR) is 206 cm³/mol. The van der Waals surface area contributed by atoms with Gasteiger partial charge in [0.05, 0.1) is 19.6 Å². The highest BCUT2D eigenvalue weighted by molar-refractivity contribution is 5.96. The molecule has 1 aromatic carbocycles. The van der Waals surface area contributed by atoms with Crippen molar-refractivity contribution in [2.45, 2.75) is 175 Å². The van der Waals surface area contributed by atoms with Crippen LogP contribution in [0.3, 0.4) is 0 Å². The largest absolute Gasteiger partial charge is 0.493 e. The highest BCUT2D eigenvalue weighted by Crippen LogP contribution is 2.30. The Kier molecular flexibility index (Phi) is 19.2. The lowest BCUT2D eigenvalue weighted by molar-refractivity contribution is -0.153. The van der Waals surface area contributed by atoms with E-state index in [0.717, 1.165) is 35.0 Å². The number of hydrogen-bond donors (Lipinski definition) is 1. The fourth-order valence-electron chi connectivity index (χ4n) is 6.81. The molecule has 0 saturated carbocycles. The molecule has 3 atom stereocenters. The summed E-state index contributed by atoms with van der Waals surface area (Å²) in [5.74, 6) is -1.04. The molecule has 1 aromatic heterocycles. The van der Waals surface area contributed by atoms with Gasteiger partial charge in [0.15, 0.2) is 0 Å². The third kappa shape index (κ3) is 14.0. The van der Waals surface area contributed by atoms with Crippen LogP contribution >= 0.6 is 0 Å². The Labute approximate surface area is 315 Å². The SMILES string of the molecule is CCCCCCCCCCCCCCCCCCOc1cc(C(=O)n2c(=O)c(C)cn([C@H]3C[C@@H](OC(=O)CCC(C)=O)[C@@H](CO)O3)c2=O)cc(C)c1C. The third-order valence-electron chi connectivity index (χ3n) is 10.2. The lowest BCUT2D eigenvalue weighted by atomic mass is 10.0. The number of rotatable bonds is 25. The van der Waals surface area contributed by atoms with Crippen LogP contribution in [0.4, 0.5) is 0 Å². The van der Waals surface area contributed by atoms with Gasteiger partial charge in [-0.3, -0.25) is 19.0 Å². The average Bonchev–Trinajstić information content (AvgIpc) is 3.53. The molecule has 2 aromatic rings. The number of esters is 1. The normalized spacial score (nSPS) is 16.9. The highest BCUT2D eigenvalue weighted by Gasteiger charge is 2.39. The molecule has 0 radical (unpaired) electrons. The predicted octanol–water partition coefficient (Wildman–Crippen LogP) is 7.82. The summed E-state index contributed by atoms with van der Waals surface area (Å²) in [5, 5.41) is 9.88. The maximum atomic E-state index is 13.8. The van der Waals surface area contributed by atoms with E-state index in [2.05, 4.69) is 6.92 Å². The van der Waals surface area contributed by atoms with Crippen LogP contribution in [0.25, 0.3) is 0 Å². The second-order valence-electron chi connectivity index (χ2n) is 14.8. The number of carbonyl (C=O) groups is 3. The molecule has 0 spiro atoms. The second-order valence-corrected chi connectivity index (χ2v) is 14.8. The zero-order valence-electron chi connectivity index (χ0n) is 32.9. The van der Waals surface area contributed by atoms with Gasteiger partial charge in [-0.1, -0.05) is 103 Å². The minimum Gasteiger partial charge on any atom is -0.493 e. The van der Waals surface area contributed by atoms with Crippen LogP contribution < -0.4 is 16.0 Å². The maximum absolute atomic E-state index is 13.8. The molecule has 1 saturated heterocycles. The van der Waals surface area contributed by atoms with E-state index in [9.17, 15) is 29.1 Å². The first-order chi connectivity index (χ1) is 25.5. The Hall–Kier alpha value is -3.57. The molecule has 0 unspecified atom stereocenters. The molecule has 3 rings (SSSR count). The van der Waals surface area contributed by atoms with E-state index in [1.807, 2.05) is 13.8 Å². The zero-order chi connectivity index (χ0) is 38.8. The Bertz CT molecular complexity index is 1590. The monoisotopic (exact) mass is 740 g/mol. The summed E-state index contributed by atoms with van der Waals surface area (Å²) in [6, 6.07) is 3.22. The van der Waals surface area contributed by atoms with Crippen molar-refractivity contribution in [3.05, 3.63) is 61.4 Å². The summed E-state index contributed by atoms with van der Waals surface area (Å²) >= 11 is 0. The number of aliphatic hydroxyl groups is 1. The second kappa shape index (κ2) is 23.3. The van der Waals surface area contributed by atoms with Crippen molar-refractivity contribution >= 4 is 17.7 Å². The molecular formula is C42H64N2O9. The van der Waals surface area contributed by atoms with Crippen LogP contribution in [-0.4, -0.2) is 57.3 Å². The first-order valence-electron chi connectivity index (χ1n) is 20.1. The Balaban J connectivity index is 1.53. The van der Waals surface area contributed by atoms with Gasteiger partial charge in [-0.05, 0) is 57.4 Å². The van der Waals surface area contributed by atoms with Crippen molar-refractivity contribution in [1.29, 1.82) is 0 Å². The van der Waals surface area contributed by atoms with E-state index in [0.29, 0.717) is 16.9 Å². The van der Waals surface area contributed by atoms with Gasteiger partial charge in [0.1, 0.15) is 30.0 Å². The van der Waals surface area contributed by atoms with Crippen LogP contribution in [0.1, 0.15) is 169 Å². The van der Waals surface area contributed by atoms with Gasteiger partial charge in [0, 0.05) is 30.2 Å². The standard InChI is InChI=1S/C42H64N2O9/c1-6-7-8-9-10-11-12-13-14-15-16-17-18-19-20-21-24-51-35-26-34(25-30(2)33(35)5)41(49)44-40(48)31(3)28-43(42(44)50)38-27-36(37(29-45)52-38)53-39(47)23-22-32(4)46/h25-26,28,36-38,45H,6-24,27,29H2,1-5H3/t36-,37-,38-/m1/s1. The molecule has 1 aliphatic heterocycles. The Morgan fingerprint density at radius 3 is 1.92 bits per heavy atom. The van der Waals surface area contributed by atoms with Crippen molar-refractivity contribution < 1.29 is 33.7 Å². The molecule has 1 N–H and O–H groups in total. The quantitative estimate of drug-likeness (QED) is 0.0796. The summed E-state index contributed by atoms with van der Waals surface area (Å²) in [4.78, 5) is 64.3. The molecule has 1 fully saturated rings. The number of carbonyl (C=O) groups excluding carboxylic acids is 3. The van der Waals surface area contributed by atoms with E-state index >= 15 is 0 Å². The van der Waals surface area contributed by atoms with E-state index in [1.165, 1.54) is 104 Å². The lowest BCUT2D eigenvalue weighted by Crippen LogP contribution is -2.45. The molecule has 53 heavy (non-hydrogen) atoms. The van der Waals surface area contributed by atoms with Crippen molar-refractivity contribution in [3.8, 4) is 5.75 Å². The van der Waals surface area contributed by atoms with E-state index in [4.69, 9.17) is 14.2 Å². The van der Waals surface area contributed by atoms with Crippen LogP contribution in [-0.2, 0) is 19.1 Å². The fraction of sp³-hybridized carbons (Fsp3) is 0.690. The topological polar surface area (TPSA) is 143 Å². The van der Waals surface area contributed by atoms with Crippen molar-refractivity contribution in [1.82, 2.24) is 9.13 Å². The third-order valence-corrected chi connectivity index (χ3v) is 10.2. The first-order valence-corrected chi connectivity index (χ1v) is 20.1. The van der Waals surface area contributed by atoms with Crippen LogP contribution in [0.2, 0.25) is 0 Å². The van der Waals surface area contributed by atoms with Gasteiger partial charge in [0.2, 0.25) is 0 Å². The first kappa shape index (κ1) is 43.8. The number of ether oxygens (including phenoxy) is 3. The van der Waals surface area contributed by atoms with Gasteiger partial charge in [-0.2, -0.15) is 4.57 Å². The summed E-state index contributed by atoms with van der Waals surface area (Å²) < 4.78 is 19.1. The van der Waals surface area contributed by atoms with Crippen molar-refractivity contribution in [2.75, 3.05) is 13.2 Å². The number of benzene rings is 1. The van der Waals surface area contributed by atoms with Gasteiger partial charge in [-0.15, -0.1) is 0 Å². The Morgan fingerprint density at radius 1 is 0.811 bits per heavy atom. The molecule has 0 amide bonds. The van der Waals surface area contributed by atoms with E-state index in [-0.39, 0.29) is 36.2 Å². The highest BCUT2D eigenvalue weighted by atomic mass is 16.6. The summed E-state index contributed by atoms with van der Waals surface area (Å²) in [7, 11) is 0. The minimum absolute atomic E-state index is 0.00373. The Morgan fingerprint density at radius 2 is 1.38 bits per heavy atom. The van der Waals surface area contributed by atoms with Crippen molar-refractivity contribution in [2.24, 2.45) is 0 Å². The number of hydrogen-bond acceptors (Lipinski definition) is 9. The smallest absolute Gasteiger partial charge is 0.340 e. The number of ketones is 1. The molecule has 1 aliphatic rings. The number of aromatic nitrogens is 2. The van der Waals surface area contributed by atoms with Gasteiger partial charge >= 0.3 is 11.7 Å². The van der Waals surface area contributed by atoms with E-state index < -0.39 is 48.2 Å². The summed E-state index contributed by atoms with van der Waals surface area (Å²) in [6.07, 6.45) is 19.0. The zero-order valence-corrected chi connectivity index (χ0v) is 32.9. The van der Waals surface area contributed by atoms with Gasteiger partial charge < -0.3 is 24.1 Å². The average molecular weight is 741 g/mol. The lowest BCUT2D eigenvalue weighted by Gasteiger charge is -2.17. The number of aliphatic hydroxyl groups excluding tert-OH is 1. The number of Topliss-reactive ketones (excluding diaryl/α,β-unsaturated/α-hetero) is 1. The number of unbranched alkanes of at least 4 members (excludes halogenated alkanes) is 15. The molecule has 2 heterocycles. The summed E-state index contributed by atoms with van der Waals surface area (Å²) in [6.45, 7) is 8.90. The molecule has 11 nitrogen and oxygen atoms in total. The molecular weight excluding hydrogens is 676 g/mol. The number of aryl methyl sites for hydroxylation is 2. The molecule has 11 heteroatoms. The van der Waals surface area contributed by atoms with E-state index in [1.54, 1.807) is 12.1 Å². The molecule has 296 valence electrons. The maximum Gasteiger partial charge on any atom is 0.340 e. The van der Waals surface area contributed by atoms with Crippen LogP contribution in [0.15, 0.2) is 27.9 Å².